The highest BCUT2D eigenvalue weighted by molar-refractivity contribution is 6.05. The van der Waals surface area contributed by atoms with E-state index in [-0.39, 0.29) is 42.3 Å². The molecule has 1 atom stereocenters. The van der Waals surface area contributed by atoms with Crippen molar-refractivity contribution in [3.05, 3.63) is 74.7 Å². The minimum absolute atomic E-state index is 0.118. The molecule has 0 spiro atoms. The van der Waals surface area contributed by atoms with Crippen molar-refractivity contribution in [2.45, 2.75) is 44.3 Å². The lowest BCUT2D eigenvalue weighted by molar-refractivity contribution is -0.136. The van der Waals surface area contributed by atoms with Crippen molar-refractivity contribution in [1.82, 2.24) is 25.0 Å². The lowest BCUT2D eigenvalue weighted by Gasteiger charge is -2.42. The van der Waals surface area contributed by atoms with Crippen molar-refractivity contribution < 1.29 is 28.7 Å². The van der Waals surface area contributed by atoms with Gasteiger partial charge in [0.25, 0.3) is 11.5 Å². The van der Waals surface area contributed by atoms with Gasteiger partial charge in [-0.15, -0.1) is 0 Å². The number of benzene rings is 2. The number of amides is 5. The molecular formula is C35H38N6O7. The number of methoxy groups -OCH3 is 2. The molecule has 3 aromatic rings. The van der Waals surface area contributed by atoms with Gasteiger partial charge in [0.2, 0.25) is 11.8 Å². The van der Waals surface area contributed by atoms with Crippen LogP contribution in [0.1, 0.15) is 51.4 Å². The second kappa shape index (κ2) is 12.0. The molecule has 0 bridgehead atoms. The zero-order chi connectivity index (χ0) is 33.9. The summed E-state index contributed by atoms with van der Waals surface area (Å²) in [7, 11) is 6.59. The average Bonchev–Trinajstić information content (AvgIpc) is 3.39. The van der Waals surface area contributed by atoms with E-state index in [0.717, 1.165) is 33.5 Å². The van der Waals surface area contributed by atoms with Gasteiger partial charge in [0.05, 0.1) is 20.8 Å². The molecule has 0 saturated carbocycles. The Labute approximate surface area is 277 Å². The number of ether oxygens (including phenoxy) is 2. The number of hydrogen-bond donors (Lipinski definition) is 2. The summed E-state index contributed by atoms with van der Waals surface area (Å²) in [5.41, 5.74) is 6.59. The lowest BCUT2D eigenvalue weighted by Crippen LogP contribution is -2.52. The highest BCUT2D eigenvalue weighted by atomic mass is 16.5. The van der Waals surface area contributed by atoms with Gasteiger partial charge < -0.3 is 34.1 Å². The number of urea groups is 1. The molecule has 2 fully saturated rings. The number of hydrogen-bond acceptors (Lipinski definition) is 8. The van der Waals surface area contributed by atoms with Gasteiger partial charge in [-0.05, 0) is 59.9 Å². The van der Waals surface area contributed by atoms with Crippen molar-refractivity contribution in [1.29, 1.82) is 0 Å². The fraction of sp³-hybridized carbons (Fsp3) is 0.400. The Kier molecular flexibility index (Phi) is 7.84. The largest absolute Gasteiger partial charge is 0.496 e. The molecule has 2 aromatic carbocycles. The first-order chi connectivity index (χ1) is 23.1. The predicted octanol–water partition coefficient (Wildman–Crippen LogP) is 2.13. The first-order valence-electron chi connectivity index (χ1n) is 16.1. The monoisotopic (exact) mass is 654 g/mol. The van der Waals surface area contributed by atoms with Crippen LogP contribution in [-0.4, -0.2) is 85.1 Å². The quantitative estimate of drug-likeness (QED) is 0.385. The summed E-state index contributed by atoms with van der Waals surface area (Å²) in [6.07, 6.45) is 2.94. The van der Waals surface area contributed by atoms with Crippen LogP contribution in [0.3, 0.4) is 0 Å². The van der Waals surface area contributed by atoms with Crippen LogP contribution in [0.2, 0.25) is 0 Å². The molecule has 48 heavy (non-hydrogen) atoms. The molecular weight excluding hydrogens is 616 g/mol. The minimum atomic E-state index is -0.647. The van der Waals surface area contributed by atoms with E-state index in [4.69, 9.17) is 9.47 Å². The molecule has 1 aromatic heterocycles. The Bertz CT molecular complexity index is 1910. The number of carbonyl (C=O) groups is 4. The summed E-state index contributed by atoms with van der Waals surface area (Å²) >= 11 is 0. The van der Waals surface area contributed by atoms with Gasteiger partial charge in [-0.1, -0.05) is 0 Å². The third-order valence-corrected chi connectivity index (χ3v) is 10.1. The molecule has 13 nitrogen and oxygen atoms in total. The molecule has 2 saturated heterocycles. The number of carbonyl (C=O) groups excluding carboxylic acids is 4. The Morgan fingerprint density at radius 1 is 0.938 bits per heavy atom. The smallest absolute Gasteiger partial charge is 0.317 e. The van der Waals surface area contributed by atoms with E-state index in [2.05, 4.69) is 15.5 Å². The fourth-order valence-corrected chi connectivity index (χ4v) is 7.51. The highest BCUT2D eigenvalue weighted by Gasteiger charge is 2.40. The van der Waals surface area contributed by atoms with E-state index < -0.39 is 11.9 Å². The van der Waals surface area contributed by atoms with Crippen molar-refractivity contribution in [3.63, 3.8) is 0 Å². The topological polar surface area (TPSA) is 143 Å². The number of fused-ring (bicyclic) bond motifs is 2. The number of piperidine rings is 1. The van der Waals surface area contributed by atoms with Crippen LogP contribution in [0.4, 0.5) is 10.5 Å². The molecule has 1 unspecified atom stereocenters. The first-order valence-corrected chi connectivity index (χ1v) is 16.1. The second-order valence-corrected chi connectivity index (χ2v) is 12.8. The third-order valence-electron chi connectivity index (χ3n) is 10.1. The second-order valence-electron chi connectivity index (χ2n) is 12.8. The first kappa shape index (κ1) is 31.3. The van der Waals surface area contributed by atoms with Crippen molar-refractivity contribution in [2.75, 3.05) is 45.8 Å². The zero-order valence-electron chi connectivity index (χ0n) is 27.4. The van der Waals surface area contributed by atoms with Gasteiger partial charge in [-0.2, -0.15) is 0 Å². The van der Waals surface area contributed by atoms with E-state index in [1.165, 1.54) is 0 Å². The van der Waals surface area contributed by atoms with Crippen molar-refractivity contribution >= 4 is 29.4 Å². The normalized spacial score (nSPS) is 19.0. The van der Waals surface area contributed by atoms with Crippen LogP contribution in [0, 0.1) is 0 Å². The van der Waals surface area contributed by atoms with Gasteiger partial charge in [0.15, 0.2) is 0 Å². The predicted molar refractivity (Wildman–Crippen MR) is 176 cm³/mol. The molecule has 250 valence electrons. The zero-order valence-corrected chi connectivity index (χ0v) is 27.4. The number of rotatable bonds is 6. The fourth-order valence-electron chi connectivity index (χ4n) is 7.51. The average molecular weight is 655 g/mol. The molecule has 13 heteroatoms. The number of nitrogens with zero attached hydrogens (tertiary/aromatic N) is 4. The number of anilines is 1. The van der Waals surface area contributed by atoms with E-state index in [0.29, 0.717) is 61.6 Å². The van der Waals surface area contributed by atoms with Crippen LogP contribution in [0.5, 0.6) is 11.5 Å². The number of imide groups is 1. The van der Waals surface area contributed by atoms with E-state index in [9.17, 15) is 24.0 Å². The van der Waals surface area contributed by atoms with Gasteiger partial charge in [0.1, 0.15) is 17.5 Å². The van der Waals surface area contributed by atoms with Gasteiger partial charge in [-0.3, -0.25) is 24.5 Å². The SMILES string of the molecule is CNC(=O)N1CCc2c(-c3cc(OC)c(C4CN(c5ccc6c(c5)CN(C5CCC(=O)NC5=O)C6=O)C4)c(OC)c3)cn(C)c(=O)c2C1. The van der Waals surface area contributed by atoms with Crippen LogP contribution in [0.25, 0.3) is 11.1 Å². The number of aromatic nitrogens is 1. The molecule has 0 aliphatic carbocycles. The maximum absolute atomic E-state index is 13.1. The maximum atomic E-state index is 13.1. The molecule has 4 aliphatic heterocycles. The van der Waals surface area contributed by atoms with Crippen LogP contribution in [-0.2, 0) is 36.1 Å². The third kappa shape index (κ3) is 5.13. The summed E-state index contributed by atoms with van der Waals surface area (Å²) in [5.74, 6) is 0.590. The molecule has 0 radical (unpaired) electrons. The summed E-state index contributed by atoms with van der Waals surface area (Å²) in [4.78, 5) is 68.1. The lowest BCUT2D eigenvalue weighted by atomic mass is 9.86. The number of aryl methyl sites for hydroxylation is 1. The summed E-state index contributed by atoms with van der Waals surface area (Å²) in [6.45, 7) is 2.49. The number of nitrogens with one attached hydrogen (secondary N) is 2. The van der Waals surface area contributed by atoms with Crippen LogP contribution < -0.4 is 30.6 Å². The van der Waals surface area contributed by atoms with Gasteiger partial charge in [0, 0.05) is 86.8 Å². The van der Waals surface area contributed by atoms with Gasteiger partial charge in [-0.25, -0.2) is 4.79 Å². The summed E-state index contributed by atoms with van der Waals surface area (Å²) in [6, 6.07) is 8.91. The molecule has 7 rings (SSSR count). The van der Waals surface area contributed by atoms with Crippen molar-refractivity contribution in [2.24, 2.45) is 7.05 Å². The van der Waals surface area contributed by atoms with Crippen LogP contribution >= 0.6 is 0 Å². The number of pyridine rings is 1. The molecule has 5 amide bonds. The standard InChI is InChI=1S/C35H38N6O7/c1-36-35(46)39-10-9-24-25(17-38(2)33(44)26(24)18-39)19-12-28(47-3)31(29(13-19)48-4)21-14-40(15-21)22-5-6-23-20(11-22)16-41(34(23)45)27-7-8-30(42)37-32(27)43/h5-6,11-13,17,21,27H,7-10,14-16,18H2,1-4H3,(H,36,46)(H,37,42,43). The summed E-state index contributed by atoms with van der Waals surface area (Å²) in [5, 5.41) is 5.00. The Morgan fingerprint density at radius 3 is 2.33 bits per heavy atom. The molecule has 4 aliphatic rings. The molecule has 5 heterocycles. The molecule has 2 N–H and O–H groups in total. The van der Waals surface area contributed by atoms with Crippen molar-refractivity contribution in [3.8, 4) is 22.6 Å². The maximum Gasteiger partial charge on any atom is 0.317 e. The summed E-state index contributed by atoms with van der Waals surface area (Å²) < 4.78 is 13.4. The van der Waals surface area contributed by atoms with Crippen LogP contribution in [0.15, 0.2) is 41.3 Å². The van der Waals surface area contributed by atoms with E-state index in [1.807, 2.05) is 36.5 Å². The Hall–Kier alpha value is -5.33. The minimum Gasteiger partial charge on any atom is -0.496 e. The highest BCUT2D eigenvalue weighted by Crippen LogP contribution is 2.45. The Balaban J connectivity index is 1.12. The van der Waals surface area contributed by atoms with E-state index >= 15 is 0 Å². The Morgan fingerprint density at radius 2 is 1.67 bits per heavy atom. The van der Waals surface area contributed by atoms with E-state index in [1.54, 1.807) is 42.7 Å². The van der Waals surface area contributed by atoms with Gasteiger partial charge >= 0.3 is 6.03 Å².